The molecular formula is C15H23N5O3S. The molecule has 0 bridgehead atoms. The minimum Gasteiger partial charge on any atom is -0.425 e. The SMILES string of the molecule is CC(C)Cc1nnc(CC2CCN(S(=O)(=O)c3cn(C)cn3)C2)o1. The third-order valence-electron chi connectivity index (χ3n) is 4.09. The Morgan fingerprint density at radius 2 is 2.08 bits per heavy atom. The molecule has 2 aromatic heterocycles. The van der Waals surface area contributed by atoms with Crippen molar-refractivity contribution in [3.05, 3.63) is 24.3 Å². The molecule has 3 heterocycles. The molecule has 1 saturated heterocycles. The van der Waals surface area contributed by atoms with Crippen LogP contribution in [0.1, 0.15) is 32.0 Å². The van der Waals surface area contributed by atoms with Gasteiger partial charge in [-0.05, 0) is 18.3 Å². The van der Waals surface area contributed by atoms with Crippen LogP contribution in [0.2, 0.25) is 0 Å². The van der Waals surface area contributed by atoms with E-state index in [1.165, 1.54) is 16.8 Å². The van der Waals surface area contributed by atoms with Gasteiger partial charge in [0.1, 0.15) is 0 Å². The Bertz CT molecular complexity index is 796. The Balaban J connectivity index is 1.62. The van der Waals surface area contributed by atoms with E-state index in [1.54, 1.807) is 11.6 Å². The van der Waals surface area contributed by atoms with Crippen molar-refractivity contribution in [1.29, 1.82) is 0 Å². The fraction of sp³-hybridized carbons (Fsp3) is 0.667. The molecule has 132 valence electrons. The molecule has 24 heavy (non-hydrogen) atoms. The second kappa shape index (κ2) is 6.64. The molecule has 9 heteroatoms. The van der Waals surface area contributed by atoms with Crippen molar-refractivity contribution in [1.82, 2.24) is 24.1 Å². The highest BCUT2D eigenvalue weighted by atomic mass is 32.2. The number of aromatic nitrogens is 4. The molecule has 1 atom stereocenters. The summed E-state index contributed by atoms with van der Waals surface area (Å²) in [7, 11) is -1.77. The fourth-order valence-electron chi connectivity index (χ4n) is 2.89. The van der Waals surface area contributed by atoms with E-state index in [9.17, 15) is 8.42 Å². The summed E-state index contributed by atoms with van der Waals surface area (Å²) < 4.78 is 33.9. The molecule has 1 aliphatic rings. The third-order valence-corrected chi connectivity index (χ3v) is 5.84. The highest BCUT2D eigenvalue weighted by molar-refractivity contribution is 7.89. The van der Waals surface area contributed by atoms with Crippen LogP contribution in [-0.4, -0.2) is 45.6 Å². The summed E-state index contributed by atoms with van der Waals surface area (Å²) in [6.07, 6.45) is 5.18. The zero-order valence-electron chi connectivity index (χ0n) is 14.2. The second-order valence-electron chi connectivity index (χ2n) is 6.79. The van der Waals surface area contributed by atoms with E-state index in [1.807, 2.05) is 0 Å². The Kier molecular flexibility index (Phi) is 4.73. The third kappa shape index (κ3) is 3.67. The zero-order valence-corrected chi connectivity index (χ0v) is 15.0. The van der Waals surface area contributed by atoms with Crippen LogP contribution < -0.4 is 0 Å². The molecule has 0 saturated carbocycles. The maximum Gasteiger partial charge on any atom is 0.262 e. The summed E-state index contributed by atoms with van der Waals surface area (Å²) in [6, 6.07) is 0. The largest absolute Gasteiger partial charge is 0.425 e. The molecule has 0 radical (unpaired) electrons. The Hall–Kier alpha value is -1.74. The van der Waals surface area contributed by atoms with Crippen molar-refractivity contribution < 1.29 is 12.8 Å². The van der Waals surface area contributed by atoms with Crippen LogP contribution in [-0.2, 0) is 29.9 Å². The predicted octanol–water partition coefficient (Wildman–Crippen LogP) is 1.25. The average molecular weight is 353 g/mol. The zero-order chi connectivity index (χ0) is 17.3. The molecule has 0 N–H and O–H groups in total. The van der Waals surface area contributed by atoms with E-state index in [0.29, 0.717) is 37.2 Å². The average Bonchev–Trinajstić information content (AvgIpc) is 3.20. The van der Waals surface area contributed by atoms with Gasteiger partial charge in [-0.15, -0.1) is 10.2 Å². The van der Waals surface area contributed by atoms with Gasteiger partial charge in [0, 0.05) is 39.2 Å². The number of hydrogen-bond acceptors (Lipinski definition) is 6. The monoisotopic (exact) mass is 353 g/mol. The first-order chi connectivity index (χ1) is 11.3. The molecular weight excluding hydrogens is 330 g/mol. The van der Waals surface area contributed by atoms with Gasteiger partial charge in [-0.2, -0.15) is 4.31 Å². The van der Waals surface area contributed by atoms with Crippen LogP contribution in [0.3, 0.4) is 0 Å². The molecule has 1 aliphatic heterocycles. The molecule has 3 rings (SSSR count). The minimum atomic E-state index is -3.52. The number of nitrogens with zero attached hydrogens (tertiary/aromatic N) is 5. The van der Waals surface area contributed by atoms with Crippen LogP contribution in [0.25, 0.3) is 0 Å². The van der Waals surface area contributed by atoms with E-state index >= 15 is 0 Å². The van der Waals surface area contributed by atoms with Crippen molar-refractivity contribution in [2.75, 3.05) is 13.1 Å². The summed E-state index contributed by atoms with van der Waals surface area (Å²) in [4.78, 5) is 3.96. The van der Waals surface area contributed by atoms with Gasteiger partial charge in [-0.1, -0.05) is 13.8 Å². The predicted molar refractivity (Wildman–Crippen MR) is 86.6 cm³/mol. The van der Waals surface area contributed by atoms with Crippen LogP contribution in [0.15, 0.2) is 22.0 Å². The van der Waals surface area contributed by atoms with Crippen LogP contribution >= 0.6 is 0 Å². The number of sulfonamides is 1. The summed E-state index contributed by atoms with van der Waals surface area (Å²) in [5, 5.41) is 8.24. The van der Waals surface area contributed by atoms with Crippen LogP contribution in [0.4, 0.5) is 0 Å². The van der Waals surface area contributed by atoms with Crippen molar-refractivity contribution in [3.8, 4) is 0 Å². The number of hydrogen-bond donors (Lipinski definition) is 0. The molecule has 8 nitrogen and oxygen atoms in total. The van der Waals surface area contributed by atoms with Crippen molar-refractivity contribution in [2.45, 2.75) is 38.1 Å². The molecule has 0 amide bonds. The van der Waals surface area contributed by atoms with Gasteiger partial charge in [0.2, 0.25) is 11.8 Å². The van der Waals surface area contributed by atoms with E-state index in [2.05, 4.69) is 29.0 Å². The maximum atomic E-state index is 12.6. The van der Waals surface area contributed by atoms with E-state index in [-0.39, 0.29) is 10.9 Å². The lowest BCUT2D eigenvalue weighted by molar-refractivity contribution is 0.391. The molecule has 2 aromatic rings. The van der Waals surface area contributed by atoms with E-state index in [0.717, 1.165) is 12.8 Å². The first-order valence-electron chi connectivity index (χ1n) is 8.14. The standard InChI is InChI=1S/C15H23N5O3S/c1-11(2)6-13-17-18-14(23-13)7-12-4-5-20(8-12)24(21,22)15-9-19(3)10-16-15/h9-12H,4-8H2,1-3H3. The lowest BCUT2D eigenvalue weighted by atomic mass is 10.1. The van der Waals surface area contributed by atoms with Crippen LogP contribution in [0.5, 0.6) is 0 Å². The van der Waals surface area contributed by atoms with Gasteiger partial charge in [0.05, 0.1) is 6.33 Å². The van der Waals surface area contributed by atoms with Gasteiger partial charge in [-0.25, -0.2) is 13.4 Å². The Labute approximate surface area is 141 Å². The van der Waals surface area contributed by atoms with Crippen molar-refractivity contribution in [3.63, 3.8) is 0 Å². The lowest BCUT2D eigenvalue weighted by Gasteiger charge is -2.14. The van der Waals surface area contributed by atoms with Gasteiger partial charge >= 0.3 is 0 Å². The Morgan fingerprint density at radius 3 is 2.75 bits per heavy atom. The molecule has 0 aliphatic carbocycles. The molecule has 1 unspecified atom stereocenters. The second-order valence-corrected chi connectivity index (χ2v) is 8.67. The first kappa shape index (κ1) is 17.1. The Morgan fingerprint density at radius 1 is 1.33 bits per heavy atom. The van der Waals surface area contributed by atoms with Gasteiger partial charge in [0.15, 0.2) is 5.03 Å². The number of imidazole rings is 1. The van der Waals surface area contributed by atoms with E-state index in [4.69, 9.17) is 4.42 Å². The summed E-state index contributed by atoms with van der Waals surface area (Å²) in [5.74, 6) is 1.89. The quantitative estimate of drug-likeness (QED) is 0.776. The molecule has 0 spiro atoms. The van der Waals surface area contributed by atoms with Gasteiger partial charge < -0.3 is 8.98 Å². The molecule has 1 fully saturated rings. The van der Waals surface area contributed by atoms with E-state index < -0.39 is 10.0 Å². The normalized spacial score (nSPS) is 19.4. The van der Waals surface area contributed by atoms with Crippen molar-refractivity contribution >= 4 is 10.0 Å². The lowest BCUT2D eigenvalue weighted by Crippen LogP contribution is -2.29. The highest BCUT2D eigenvalue weighted by Crippen LogP contribution is 2.25. The molecule has 0 aromatic carbocycles. The number of aryl methyl sites for hydroxylation is 1. The summed E-state index contributed by atoms with van der Waals surface area (Å²) in [5.41, 5.74) is 0. The summed E-state index contributed by atoms with van der Waals surface area (Å²) in [6.45, 7) is 5.15. The van der Waals surface area contributed by atoms with Gasteiger partial charge in [0.25, 0.3) is 10.0 Å². The highest BCUT2D eigenvalue weighted by Gasteiger charge is 2.34. The minimum absolute atomic E-state index is 0.0997. The topological polar surface area (TPSA) is 94.1 Å². The fourth-order valence-corrected chi connectivity index (χ4v) is 4.38. The maximum absolute atomic E-state index is 12.6. The van der Waals surface area contributed by atoms with Crippen molar-refractivity contribution in [2.24, 2.45) is 18.9 Å². The number of rotatable bonds is 6. The first-order valence-corrected chi connectivity index (χ1v) is 9.58. The summed E-state index contributed by atoms with van der Waals surface area (Å²) >= 11 is 0. The van der Waals surface area contributed by atoms with Gasteiger partial charge in [-0.3, -0.25) is 0 Å². The van der Waals surface area contributed by atoms with Crippen LogP contribution in [0, 0.1) is 11.8 Å². The smallest absolute Gasteiger partial charge is 0.262 e.